The molecular formula is C27H27ClN2O4. The number of nitrogens with zero attached hydrogens (tertiary/aromatic N) is 1. The van der Waals surface area contributed by atoms with E-state index in [4.69, 9.17) is 21.1 Å². The van der Waals surface area contributed by atoms with Gasteiger partial charge in [-0.1, -0.05) is 29.8 Å². The molecule has 6 rings (SSSR count). The molecule has 4 atom stereocenters. The summed E-state index contributed by atoms with van der Waals surface area (Å²) >= 11 is 5.98. The minimum Gasteiger partial charge on any atom is -0.493 e. The van der Waals surface area contributed by atoms with Gasteiger partial charge in [0.05, 0.1) is 18.1 Å². The standard InChI is InChI=1S/C27H27ClN2O4/c1-30-14-13-26-23-17-6-9-20(33-2)24(23)34-25(26)19(31)11-12-27(26,21(30)15-17)29-22(32)10-5-16-3-7-18(28)8-4-16/h3-10,21,25H,11-15H2,1-2H3,(H,29,32)/b10-5+/t21?,25-,26-,27-/m0/s1. The number of likely N-dealkylation sites (tertiary alicyclic amines) is 1. The summed E-state index contributed by atoms with van der Waals surface area (Å²) in [7, 11) is 3.74. The van der Waals surface area contributed by atoms with Gasteiger partial charge in [0, 0.05) is 29.1 Å². The highest BCUT2D eigenvalue weighted by Gasteiger charge is 2.73. The van der Waals surface area contributed by atoms with Gasteiger partial charge in [-0.25, -0.2) is 0 Å². The third-order valence-electron chi connectivity index (χ3n) is 8.43. The van der Waals surface area contributed by atoms with Crippen molar-refractivity contribution in [1.82, 2.24) is 10.2 Å². The van der Waals surface area contributed by atoms with Gasteiger partial charge in [-0.3, -0.25) is 9.59 Å². The van der Waals surface area contributed by atoms with Crippen LogP contribution in [0.3, 0.4) is 0 Å². The van der Waals surface area contributed by atoms with Crippen molar-refractivity contribution >= 4 is 29.4 Å². The lowest BCUT2D eigenvalue weighted by Gasteiger charge is -2.64. The lowest BCUT2D eigenvalue weighted by Crippen LogP contribution is -2.81. The third kappa shape index (κ3) is 2.78. The van der Waals surface area contributed by atoms with Crippen LogP contribution in [0.15, 0.2) is 42.5 Å². The summed E-state index contributed by atoms with van der Waals surface area (Å²) in [6.45, 7) is 0.839. The summed E-state index contributed by atoms with van der Waals surface area (Å²) in [5.41, 5.74) is 1.95. The fourth-order valence-corrected chi connectivity index (χ4v) is 7.12. The SMILES string of the molecule is COc1ccc2c3c1O[C@H]1C(=O)CC[C@]4(NC(=O)/C=C/c5ccc(Cl)cc5)C(C2)N(C)CC[C@]314. The number of carbonyl (C=O) groups is 2. The molecule has 0 aromatic heterocycles. The first kappa shape index (κ1) is 21.7. The second-order valence-corrected chi connectivity index (χ2v) is 10.3. The monoisotopic (exact) mass is 478 g/mol. The molecule has 1 unspecified atom stereocenters. The molecule has 7 heteroatoms. The Bertz CT molecular complexity index is 1230. The first-order valence-corrected chi connectivity index (χ1v) is 12.1. The van der Waals surface area contributed by atoms with Gasteiger partial charge in [0.15, 0.2) is 23.4 Å². The Morgan fingerprint density at radius 1 is 1.24 bits per heavy atom. The second kappa shape index (κ2) is 7.59. The van der Waals surface area contributed by atoms with Crippen molar-refractivity contribution in [3.05, 3.63) is 64.2 Å². The van der Waals surface area contributed by atoms with Crippen molar-refractivity contribution < 1.29 is 19.1 Å². The molecule has 1 spiro atoms. The number of hydrogen-bond acceptors (Lipinski definition) is 5. The van der Waals surface area contributed by atoms with Gasteiger partial charge in [-0.05, 0) is 68.3 Å². The van der Waals surface area contributed by atoms with E-state index < -0.39 is 17.1 Å². The average molecular weight is 479 g/mol. The Morgan fingerprint density at radius 3 is 2.79 bits per heavy atom. The summed E-state index contributed by atoms with van der Waals surface area (Å²) in [5.74, 6) is 1.27. The topological polar surface area (TPSA) is 67.9 Å². The van der Waals surface area contributed by atoms with Crippen LogP contribution in [-0.4, -0.2) is 55.0 Å². The van der Waals surface area contributed by atoms with Crippen LogP contribution in [0.25, 0.3) is 6.08 Å². The molecule has 2 aliphatic carbocycles. The molecule has 2 bridgehead atoms. The lowest BCUT2D eigenvalue weighted by molar-refractivity contribution is -0.147. The van der Waals surface area contributed by atoms with Crippen molar-refractivity contribution in [3.8, 4) is 11.5 Å². The Labute approximate surface area is 203 Å². The maximum atomic E-state index is 13.4. The molecule has 0 radical (unpaired) electrons. The quantitative estimate of drug-likeness (QED) is 0.681. The summed E-state index contributed by atoms with van der Waals surface area (Å²) < 4.78 is 12.0. The van der Waals surface area contributed by atoms with E-state index in [1.807, 2.05) is 18.2 Å². The molecule has 2 aromatic rings. The van der Waals surface area contributed by atoms with Crippen LogP contribution in [0.5, 0.6) is 11.5 Å². The minimum atomic E-state index is -0.608. The van der Waals surface area contributed by atoms with Gasteiger partial charge >= 0.3 is 0 Å². The van der Waals surface area contributed by atoms with E-state index in [9.17, 15) is 9.59 Å². The van der Waals surface area contributed by atoms with Gasteiger partial charge < -0.3 is 19.7 Å². The van der Waals surface area contributed by atoms with Crippen molar-refractivity contribution in [2.24, 2.45) is 0 Å². The molecule has 2 heterocycles. The first-order chi connectivity index (χ1) is 16.4. The lowest BCUT2D eigenvalue weighted by atomic mass is 9.47. The highest BCUT2D eigenvalue weighted by atomic mass is 35.5. The number of ether oxygens (including phenoxy) is 2. The van der Waals surface area contributed by atoms with Crippen LogP contribution in [0, 0.1) is 0 Å². The fourth-order valence-electron chi connectivity index (χ4n) is 6.99. The molecule has 2 fully saturated rings. The summed E-state index contributed by atoms with van der Waals surface area (Å²) in [4.78, 5) is 29.0. The van der Waals surface area contributed by atoms with Gasteiger partial charge in [0.1, 0.15) is 0 Å². The van der Waals surface area contributed by atoms with Gasteiger partial charge in [-0.2, -0.15) is 0 Å². The molecule has 176 valence electrons. The zero-order chi connectivity index (χ0) is 23.7. The van der Waals surface area contributed by atoms with Crippen LogP contribution >= 0.6 is 11.6 Å². The van der Waals surface area contributed by atoms with E-state index in [0.717, 1.165) is 30.5 Å². The summed E-state index contributed by atoms with van der Waals surface area (Å²) in [6, 6.07) is 11.5. The number of benzene rings is 2. The number of methoxy groups -OCH3 is 1. The van der Waals surface area contributed by atoms with Crippen molar-refractivity contribution in [3.63, 3.8) is 0 Å². The zero-order valence-corrected chi connectivity index (χ0v) is 20.0. The van der Waals surface area contributed by atoms with Crippen LogP contribution in [0.1, 0.15) is 36.0 Å². The van der Waals surface area contributed by atoms with Crippen LogP contribution < -0.4 is 14.8 Å². The number of ketones is 1. The Hall–Kier alpha value is -2.83. The van der Waals surface area contributed by atoms with Crippen LogP contribution in [0.4, 0.5) is 0 Å². The van der Waals surface area contributed by atoms with Gasteiger partial charge in [0.25, 0.3) is 0 Å². The maximum Gasteiger partial charge on any atom is 0.244 e. The number of hydrogen-bond donors (Lipinski definition) is 1. The van der Waals surface area contributed by atoms with Gasteiger partial charge in [0.2, 0.25) is 5.91 Å². The molecule has 1 amide bonds. The van der Waals surface area contributed by atoms with Crippen molar-refractivity contribution in [2.75, 3.05) is 20.7 Å². The van der Waals surface area contributed by atoms with E-state index in [1.54, 1.807) is 31.4 Å². The van der Waals surface area contributed by atoms with E-state index in [0.29, 0.717) is 29.4 Å². The van der Waals surface area contributed by atoms with E-state index in [2.05, 4.69) is 23.3 Å². The Balaban J connectivity index is 1.46. The number of Topliss-reactive ketones (excluding diaryl/α,β-unsaturated/α-hetero) is 1. The fraction of sp³-hybridized carbons (Fsp3) is 0.407. The highest BCUT2D eigenvalue weighted by molar-refractivity contribution is 6.30. The van der Waals surface area contributed by atoms with Crippen molar-refractivity contribution in [1.29, 1.82) is 0 Å². The molecule has 1 saturated carbocycles. The predicted molar refractivity (Wildman–Crippen MR) is 129 cm³/mol. The maximum absolute atomic E-state index is 13.4. The van der Waals surface area contributed by atoms with Crippen molar-refractivity contribution in [2.45, 2.75) is 48.8 Å². The van der Waals surface area contributed by atoms with E-state index in [1.165, 1.54) is 5.56 Å². The van der Waals surface area contributed by atoms with Crippen LogP contribution in [-0.2, 0) is 21.4 Å². The minimum absolute atomic E-state index is 0.0696. The number of carbonyl (C=O) groups excluding carboxylic acids is 2. The molecule has 1 saturated heterocycles. The highest BCUT2D eigenvalue weighted by Crippen LogP contribution is 2.64. The molecule has 34 heavy (non-hydrogen) atoms. The van der Waals surface area contributed by atoms with Crippen LogP contribution in [0.2, 0.25) is 5.02 Å². The smallest absolute Gasteiger partial charge is 0.244 e. The average Bonchev–Trinajstić information content (AvgIpc) is 3.19. The Kier molecular flexibility index (Phi) is 4.84. The number of rotatable bonds is 4. The Morgan fingerprint density at radius 2 is 2.03 bits per heavy atom. The van der Waals surface area contributed by atoms with E-state index >= 15 is 0 Å². The normalized spacial score (nSPS) is 31.2. The number of piperidine rings is 1. The largest absolute Gasteiger partial charge is 0.493 e. The molecule has 1 N–H and O–H groups in total. The molecule has 2 aromatic carbocycles. The summed E-state index contributed by atoms with van der Waals surface area (Å²) in [6.07, 6.45) is 5.26. The number of halogens is 1. The molecule has 4 aliphatic rings. The predicted octanol–water partition coefficient (Wildman–Crippen LogP) is 3.54. The number of nitrogens with one attached hydrogen (secondary N) is 1. The molecule has 6 nitrogen and oxygen atoms in total. The number of likely N-dealkylation sites (N-methyl/N-ethyl adjacent to an activating group) is 1. The summed E-state index contributed by atoms with van der Waals surface area (Å²) in [5, 5.41) is 4.09. The first-order valence-electron chi connectivity index (χ1n) is 11.8. The molecule has 2 aliphatic heterocycles. The van der Waals surface area contributed by atoms with Gasteiger partial charge in [-0.15, -0.1) is 0 Å². The third-order valence-corrected chi connectivity index (χ3v) is 8.68. The number of amides is 1. The molecular weight excluding hydrogens is 452 g/mol. The second-order valence-electron chi connectivity index (χ2n) is 9.86. The van der Waals surface area contributed by atoms with E-state index in [-0.39, 0.29) is 17.7 Å². The zero-order valence-electron chi connectivity index (χ0n) is 19.3.